The Kier molecular flexibility index (Phi) is 3.88. The van der Waals surface area contributed by atoms with E-state index in [9.17, 15) is 13.2 Å². The maximum atomic E-state index is 12.5. The summed E-state index contributed by atoms with van der Waals surface area (Å²) >= 11 is 0. The monoisotopic (exact) mass is 281 g/mol. The molecule has 0 aliphatic heterocycles. The zero-order valence-corrected chi connectivity index (χ0v) is 10.9. The number of rotatable bonds is 3. The number of benzene rings is 2. The minimum absolute atomic E-state index is 0.459. The second-order valence-corrected chi connectivity index (χ2v) is 4.40. The Morgan fingerprint density at radius 2 is 1.70 bits per heavy atom. The molecule has 0 aromatic heterocycles. The summed E-state index contributed by atoms with van der Waals surface area (Å²) < 4.78 is 42.5. The maximum absolute atomic E-state index is 12.5. The molecule has 0 amide bonds. The van der Waals surface area contributed by atoms with Gasteiger partial charge in [0.15, 0.2) is 0 Å². The number of para-hydroxylation sites is 1. The normalized spacial score (nSPS) is 11.4. The van der Waals surface area contributed by atoms with Crippen LogP contribution in [0.3, 0.4) is 0 Å². The third kappa shape index (κ3) is 3.04. The van der Waals surface area contributed by atoms with Crippen molar-refractivity contribution in [3.05, 3.63) is 59.2 Å². The first-order valence-corrected chi connectivity index (χ1v) is 5.99. The fourth-order valence-electron chi connectivity index (χ4n) is 1.95. The van der Waals surface area contributed by atoms with E-state index in [1.807, 2.05) is 6.07 Å². The average Bonchev–Trinajstić information content (AvgIpc) is 2.41. The Labute approximate surface area is 115 Å². The van der Waals surface area contributed by atoms with Crippen LogP contribution in [0.1, 0.15) is 16.7 Å². The molecule has 0 aliphatic carbocycles. The van der Waals surface area contributed by atoms with Crippen LogP contribution in [0.25, 0.3) is 0 Å². The lowest BCUT2D eigenvalue weighted by atomic mass is 10.0. The number of alkyl halides is 3. The fraction of sp³-hybridized carbons (Fsp3) is 0.200. The average molecular weight is 281 g/mol. The fourth-order valence-corrected chi connectivity index (χ4v) is 1.95. The van der Waals surface area contributed by atoms with Gasteiger partial charge in [0.25, 0.3) is 0 Å². The second-order valence-electron chi connectivity index (χ2n) is 4.40. The van der Waals surface area contributed by atoms with Gasteiger partial charge in [0, 0.05) is 0 Å². The number of anilines is 1. The lowest BCUT2D eigenvalue weighted by Crippen LogP contribution is -2.05. The smallest absolute Gasteiger partial charge is 0.416 e. The lowest BCUT2D eigenvalue weighted by Gasteiger charge is -2.11. The van der Waals surface area contributed by atoms with E-state index in [1.54, 1.807) is 12.1 Å². The highest BCUT2D eigenvalue weighted by molar-refractivity contribution is 5.59. The van der Waals surface area contributed by atoms with Crippen molar-refractivity contribution in [1.29, 1.82) is 0 Å². The Balaban J connectivity index is 2.23. The van der Waals surface area contributed by atoms with E-state index in [-0.39, 0.29) is 0 Å². The van der Waals surface area contributed by atoms with Gasteiger partial charge in [-0.05, 0) is 35.7 Å². The molecule has 5 heteroatoms. The molecule has 106 valence electrons. The van der Waals surface area contributed by atoms with Crippen LogP contribution < -0.4 is 10.5 Å². The standard InChI is InChI=1S/C15H14F3NO/c1-20-13-4-2-3-11(14(13)19)9-10-5-7-12(8-6-10)15(16,17)18/h2-8H,9,19H2,1H3. The second kappa shape index (κ2) is 5.45. The van der Waals surface area contributed by atoms with Crippen molar-refractivity contribution >= 4 is 5.69 Å². The van der Waals surface area contributed by atoms with Gasteiger partial charge in [-0.2, -0.15) is 13.2 Å². The van der Waals surface area contributed by atoms with Crippen LogP contribution in [-0.4, -0.2) is 7.11 Å². The van der Waals surface area contributed by atoms with E-state index < -0.39 is 11.7 Å². The van der Waals surface area contributed by atoms with Gasteiger partial charge in [0.05, 0.1) is 18.4 Å². The van der Waals surface area contributed by atoms with Crippen LogP contribution in [0.2, 0.25) is 0 Å². The van der Waals surface area contributed by atoms with E-state index in [0.29, 0.717) is 17.9 Å². The number of ether oxygens (including phenoxy) is 1. The van der Waals surface area contributed by atoms with Crippen molar-refractivity contribution in [3.8, 4) is 5.75 Å². The van der Waals surface area contributed by atoms with Gasteiger partial charge in [-0.15, -0.1) is 0 Å². The van der Waals surface area contributed by atoms with Gasteiger partial charge in [0.1, 0.15) is 5.75 Å². The van der Waals surface area contributed by atoms with E-state index in [2.05, 4.69) is 0 Å². The molecule has 20 heavy (non-hydrogen) atoms. The largest absolute Gasteiger partial charge is 0.495 e. The maximum Gasteiger partial charge on any atom is 0.416 e. The van der Waals surface area contributed by atoms with Gasteiger partial charge in [-0.1, -0.05) is 24.3 Å². The Bertz CT molecular complexity index is 591. The number of methoxy groups -OCH3 is 1. The number of hydrogen-bond donors (Lipinski definition) is 1. The molecule has 2 rings (SSSR count). The SMILES string of the molecule is COc1cccc(Cc2ccc(C(F)(F)F)cc2)c1N. The molecule has 2 aromatic rings. The van der Waals surface area contributed by atoms with Crippen LogP contribution in [0, 0.1) is 0 Å². The van der Waals surface area contributed by atoms with E-state index in [4.69, 9.17) is 10.5 Å². The summed E-state index contributed by atoms with van der Waals surface area (Å²) in [5.74, 6) is 0.564. The molecule has 0 spiro atoms. The summed E-state index contributed by atoms with van der Waals surface area (Å²) in [4.78, 5) is 0. The number of halogens is 3. The van der Waals surface area contributed by atoms with Crippen LogP contribution >= 0.6 is 0 Å². The molecule has 0 unspecified atom stereocenters. The van der Waals surface area contributed by atoms with E-state index in [1.165, 1.54) is 19.2 Å². The molecule has 0 heterocycles. The molecular formula is C15H14F3NO. The molecule has 0 aliphatic rings. The zero-order chi connectivity index (χ0) is 14.8. The van der Waals surface area contributed by atoms with Crippen molar-refractivity contribution in [2.75, 3.05) is 12.8 Å². The molecule has 2 nitrogen and oxygen atoms in total. The molecular weight excluding hydrogens is 267 g/mol. The van der Waals surface area contributed by atoms with Crippen molar-refractivity contribution < 1.29 is 17.9 Å². The minimum atomic E-state index is -4.31. The molecule has 2 N–H and O–H groups in total. The third-order valence-corrected chi connectivity index (χ3v) is 3.05. The highest BCUT2D eigenvalue weighted by atomic mass is 19.4. The van der Waals surface area contributed by atoms with Gasteiger partial charge in [-0.25, -0.2) is 0 Å². The summed E-state index contributed by atoms with van der Waals surface area (Å²) in [5, 5.41) is 0. The lowest BCUT2D eigenvalue weighted by molar-refractivity contribution is -0.137. The summed E-state index contributed by atoms with van der Waals surface area (Å²) in [7, 11) is 1.52. The highest BCUT2D eigenvalue weighted by Crippen LogP contribution is 2.30. The molecule has 0 bridgehead atoms. The summed E-state index contributed by atoms with van der Waals surface area (Å²) in [5.41, 5.74) is 7.38. The van der Waals surface area contributed by atoms with Crippen molar-refractivity contribution in [1.82, 2.24) is 0 Å². The Hall–Kier alpha value is -2.17. The zero-order valence-electron chi connectivity index (χ0n) is 10.9. The Morgan fingerprint density at radius 3 is 2.25 bits per heavy atom. The van der Waals surface area contributed by atoms with Gasteiger partial charge < -0.3 is 10.5 Å². The molecule has 0 saturated heterocycles. The highest BCUT2D eigenvalue weighted by Gasteiger charge is 2.29. The quantitative estimate of drug-likeness (QED) is 0.866. The van der Waals surface area contributed by atoms with Crippen molar-refractivity contribution in [3.63, 3.8) is 0 Å². The number of hydrogen-bond acceptors (Lipinski definition) is 2. The van der Waals surface area contributed by atoms with Crippen molar-refractivity contribution in [2.45, 2.75) is 12.6 Å². The molecule has 0 atom stereocenters. The first kappa shape index (κ1) is 14.2. The Morgan fingerprint density at radius 1 is 1.05 bits per heavy atom. The molecule has 0 radical (unpaired) electrons. The number of nitrogens with two attached hydrogens (primary N) is 1. The molecule has 0 saturated carbocycles. The predicted octanol–water partition coefficient (Wildman–Crippen LogP) is 3.89. The topological polar surface area (TPSA) is 35.2 Å². The first-order chi connectivity index (χ1) is 9.41. The first-order valence-electron chi connectivity index (χ1n) is 5.99. The van der Waals surface area contributed by atoms with Crippen LogP contribution in [-0.2, 0) is 12.6 Å². The van der Waals surface area contributed by atoms with Crippen LogP contribution in [0.5, 0.6) is 5.75 Å². The van der Waals surface area contributed by atoms with Gasteiger partial charge in [-0.3, -0.25) is 0 Å². The van der Waals surface area contributed by atoms with Crippen LogP contribution in [0.15, 0.2) is 42.5 Å². The molecule has 0 fully saturated rings. The summed E-state index contributed by atoms with van der Waals surface area (Å²) in [6, 6.07) is 10.4. The third-order valence-electron chi connectivity index (χ3n) is 3.05. The predicted molar refractivity (Wildman–Crippen MR) is 71.7 cm³/mol. The van der Waals surface area contributed by atoms with E-state index in [0.717, 1.165) is 23.3 Å². The van der Waals surface area contributed by atoms with Gasteiger partial charge in [0.2, 0.25) is 0 Å². The van der Waals surface area contributed by atoms with E-state index >= 15 is 0 Å². The molecule has 2 aromatic carbocycles. The summed E-state index contributed by atoms with van der Waals surface area (Å²) in [6.45, 7) is 0. The van der Waals surface area contributed by atoms with Gasteiger partial charge >= 0.3 is 6.18 Å². The number of nitrogen functional groups attached to an aromatic ring is 1. The van der Waals surface area contributed by atoms with Crippen molar-refractivity contribution in [2.24, 2.45) is 0 Å². The minimum Gasteiger partial charge on any atom is -0.495 e. The van der Waals surface area contributed by atoms with Crippen LogP contribution in [0.4, 0.5) is 18.9 Å². The summed E-state index contributed by atoms with van der Waals surface area (Å²) in [6.07, 6.45) is -3.85.